The van der Waals surface area contributed by atoms with Crippen molar-refractivity contribution in [3.8, 4) is 5.69 Å². The Morgan fingerprint density at radius 3 is 2.52 bits per heavy atom. The van der Waals surface area contributed by atoms with Gasteiger partial charge in [0.2, 0.25) is 11.8 Å². The monoisotopic (exact) mass is 316 g/mol. The highest BCUT2D eigenvalue weighted by Crippen LogP contribution is 2.11. The third-order valence-corrected chi connectivity index (χ3v) is 3.28. The van der Waals surface area contributed by atoms with Crippen molar-refractivity contribution in [1.29, 1.82) is 0 Å². The average Bonchev–Trinajstić information content (AvgIpc) is 3.07. The smallest absolute Gasteiger partial charge is 0.243 e. The van der Waals surface area contributed by atoms with Crippen LogP contribution >= 0.6 is 0 Å². The number of rotatable bonds is 6. The molecule has 1 heterocycles. The van der Waals surface area contributed by atoms with Crippen LogP contribution in [0.4, 0.5) is 5.69 Å². The normalized spacial score (nSPS) is 12.0. The Morgan fingerprint density at radius 2 is 1.96 bits per heavy atom. The van der Waals surface area contributed by atoms with Gasteiger partial charge in [0.15, 0.2) is 0 Å². The predicted molar refractivity (Wildman–Crippen MR) is 85.8 cm³/mol. The lowest BCUT2D eigenvalue weighted by molar-refractivity contribution is -0.125. The lowest BCUT2D eigenvalue weighted by Gasteiger charge is -2.15. The maximum atomic E-state index is 11.8. The SMILES string of the molecule is CC(C)[C@H](N)C(=O)NCC(=O)Nc1ccc(-n2cncn2)cc1. The summed E-state index contributed by atoms with van der Waals surface area (Å²) in [5.41, 5.74) is 7.16. The fourth-order valence-electron chi connectivity index (χ4n) is 1.83. The maximum absolute atomic E-state index is 11.8. The number of nitrogens with two attached hydrogens (primary N) is 1. The Balaban J connectivity index is 1.85. The number of benzene rings is 1. The zero-order chi connectivity index (χ0) is 16.8. The van der Waals surface area contributed by atoms with E-state index in [1.165, 1.54) is 6.33 Å². The Hall–Kier alpha value is -2.74. The number of nitrogens with one attached hydrogen (secondary N) is 2. The number of hydrogen-bond acceptors (Lipinski definition) is 5. The van der Waals surface area contributed by atoms with E-state index in [9.17, 15) is 9.59 Å². The van der Waals surface area contributed by atoms with Crippen molar-refractivity contribution < 1.29 is 9.59 Å². The summed E-state index contributed by atoms with van der Waals surface area (Å²) in [6.07, 6.45) is 3.03. The topological polar surface area (TPSA) is 115 Å². The third kappa shape index (κ3) is 4.62. The molecular formula is C15H20N6O2. The van der Waals surface area contributed by atoms with Gasteiger partial charge >= 0.3 is 0 Å². The van der Waals surface area contributed by atoms with E-state index < -0.39 is 6.04 Å². The van der Waals surface area contributed by atoms with E-state index >= 15 is 0 Å². The molecule has 8 heteroatoms. The number of carbonyl (C=O) groups is 2. The van der Waals surface area contributed by atoms with Crippen LogP contribution in [0.1, 0.15) is 13.8 Å². The molecule has 0 spiro atoms. The minimum atomic E-state index is -0.621. The lowest BCUT2D eigenvalue weighted by atomic mass is 10.1. The quantitative estimate of drug-likeness (QED) is 0.709. The molecule has 2 amide bonds. The standard InChI is InChI=1S/C15H20N6O2/c1-10(2)14(16)15(23)18-7-13(22)20-11-3-5-12(6-4-11)21-9-17-8-19-21/h3-6,8-10,14H,7,16H2,1-2H3,(H,18,23)(H,20,22)/t14-/m0/s1. The number of carbonyl (C=O) groups excluding carboxylic acids is 2. The molecule has 0 saturated carbocycles. The molecule has 1 aromatic heterocycles. The Bertz CT molecular complexity index is 651. The molecule has 0 aliphatic heterocycles. The molecular weight excluding hydrogens is 296 g/mol. The summed E-state index contributed by atoms with van der Waals surface area (Å²) in [7, 11) is 0. The number of hydrogen-bond donors (Lipinski definition) is 3. The van der Waals surface area contributed by atoms with E-state index in [0.29, 0.717) is 5.69 Å². The predicted octanol–water partition coefficient (Wildman–Crippen LogP) is 0.305. The largest absolute Gasteiger partial charge is 0.346 e. The van der Waals surface area contributed by atoms with Gasteiger partial charge in [0.25, 0.3) is 0 Å². The van der Waals surface area contributed by atoms with Gasteiger partial charge in [0, 0.05) is 5.69 Å². The zero-order valence-corrected chi connectivity index (χ0v) is 13.1. The van der Waals surface area contributed by atoms with E-state index in [2.05, 4.69) is 20.7 Å². The molecule has 2 rings (SSSR count). The Morgan fingerprint density at radius 1 is 1.26 bits per heavy atom. The van der Waals surface area contributed by atoms with Crippen LogP contribution in [0.15, 0.2) is 36.9 Å². The fourth-order valence-corrected chi connectivity index (χ4v) is 1.83. The molecule has 0 saturated heterocycles. The summed E-state index contributed by atoms with van der Waals surface area (Å²) in [6, 6.07) is 6.48. The molecule has 0 aliphatic rings. The molecule has 122 valence electrons. The van der Waals surface area contributed by atoms with Crippen molar-refractivity contribution in [2.24, 2.45) is 11.7 Å². The van der Waals surface area contributed by atoms with Gasteiger partial charge < -0.3 is 16.4 Å². The molecule has 0 radical (unpaired) electrons. The molecule has 8 nitrogen and oxygen atoms in total. The van der Waals surface area contributed by atoms with Gasteiger partial charge in [-0.25, -0.2) is 9.67 Å². The van der Waals surface area contributed by atoms with Crippen LogP contribution in [0.25, 0.3) is 5.69 Å². The van der Waals surface area contributed by atoms with Gasteiger partial charge in [0.1, 0.15) is 12.7 Å². The lowest BCUT2D eigenvalue weighted by Crippen LogP contribution is -2.46. The van der Waals surface area contributed by atoms with Crippen LogP contribution in [-0.2, 0) is 9.59 Å². The van der Waals surface area contributed by atoms with Gasteiger partial charge in [-0.05, 0) is 30.2 Å². The molecule has 1 atom stereocenters. The van der Waals surface area contributed by atoms with Crippen LogP contribution in [0.3, 0.4) is 0 Å². The average molecular weight is 316 g/mol. The summed E-state index contributed by atoms with van der Waals surface area (Å²) < 4.78 is 1.61. The fraction of sp³-hybridized carbons (Fsp3) is 0.333. The van der Waals surface area contributed by atoms with Crippen molar-refractivity contribution in [1.82, 2.24) is 20.1 Å². The number of aromatic nitrogens is 3. The van der Waals surface area contributed by atoms with Crippen LogP contribution in [-0.4, -0.2) is 39.2 Å². The number of amides is 2. The van der Waals surface area contributed by atoms with Gasteiger partial charge in [0.05, 0.1) is 18.3 Å². The first kappa shape index (κ1) is 16.6. The molecule has 0 bridgehead atoms. The molecule has 0 unspecified atom stereocenters. The van der Waals surface area contributed by atoms with E-state index in [1.54, 1.807) is 35.3 Å². The minimum Gasteiger partial charge on any atom is -0.346 e. The molecule has 0 aliphatic carbocycles. The van der Waals surface area contributed by atoms with Gasteiger partial charge in [-0.15, -0.1) is 0 Å². The van der Waals surface area contributed by atoms with Crippen molar-refractivity contribution in [3.63, 3.8) is 0 Å². The highest BCUT2D eigenvalue weighted by molar-refractivity contribution is 5.95. The van der Waals surface area contributed by atoms with Gasteiger partial charge in [-0.1, -0.05) is 13.8 Å². The van der Waals surface area contributed by atoms with Crippen molar-refractivity contribution in [3.05, 3.63) is 36.9 Å². The summed E-state index contributed by atoms with van der Waals surface area (Å²) in [4.78, 5) is 27.4. The zero-order valence-electron chi connectivity index (χ0n) is 13.1. The second-order valence-electron chi connectivity index (χ2n) is 5.42. The number of nitrogens with zero attached hydrogens (tertiary/aromatic N) is 3. The van der Waals surface area contributed by atoms with Crippen molar-refractivity contribution in [2.45, 2.75) is 19.9 Å². The first-order chi connectivity index (χ1) is 11.0. The summed E-state index contributed by atoms with van der Waals surface area (Å²) in [6.45, 7) is 3.58. The van der Waals surface area contributed by atoms with Crippen molar-refractivity contribution >= 4 is 17.5 Å². The van der Waals surface area contributed by atoms with Crippen LogP contribution in [0.5, 0.6) is 0 Å². The molecule has 4 N–H and O–H groups in total. The van der Waals surface area contributed by atoms with Crippen LogP contribution in [0, 0.1) is 5.92 Å². The summed E-state index contributed by atoms with van der Waals surface area (Å²) in [5, 5.41) is 9.23. The first-order valence-corrected chi connectivity index (χ1v) is 7.25. The van der Waals surface area contributed by atoms with Crippen LogP contribution in [0.2, 0.25) is 0 Å². The van der Waals surface area contributed by atoms with Gasteiger partial charge in [-0.3, -0.25) is 9.59 Å². The van der Waals surface area contributed by atoms with E-state index in [-0.39, 0.29) is 24.3 Å². The second-order valence-corrected chi connectivity index (χ2v) is 5.42. The number of anilines is 1. The van der Waals surface area contributed by atoms with Crippen LogP contribution < -0.4 is 16.4 Å². The molecule has 2 aromatic rings. The molecule has 1 aromatic carbocycles. The van der Waals surface area contributed by atoms with E-state index in [4.69, 9.17) is 5.73 Å². The highest BCUT2D eigenvalue weighted by Gasteiger charge is 2.17. The van der Waals surface area contributed by atoms with Gasteiger partial charge in [-0.2, -0.15) is 5.10 Å². The molecule has 0 fully saturated rings. The third-order valence-electron chi connectivity index (χ3n) is 3.28. The second kappa shape index (κ2) is 7.50. The first-order valence-electron chi connectivity index (χ1n) is 7.25. The van der Waals surface area contributed by atoms with Crippen molar-refractivity contribution in [2.75, 3.05) is 11.9 Å². The van der Waals surface area contributed by atoms with E-state index in [1.807, 2.05) is 13.8 Å². The maximum Gasteiger partial charge on any atom is 0.243 e. The molecule has 23 heavy (non-hydrogen) atoms. The minimum absolute atomic E-state index is 0.0161. The summed E-state index contributed by atoms with van der Waals surface area (Å²) >= 11 is 0. The van der Waals surface area contributed by atoms with E-state index in [0.717, 1.165) is 5.69 Å². The Kier molecular flexibility index (Phi) is 5.42. The highest BCUT2D eigenvalue weighted by atomic mass is 16.2. The Labute approximate surface area is 134 Å². The summed E-state index contributed by atoms with van der Waals surface area (Å²) in [5.74, 6) is -0.637.